The molecule has 0 spiro atoms. The Morgan fingerprint density at radius 3 is 2.59 bits per heavy atom. The van der Waals surface area contributed by atoms with E-state index in [-0.39, 0.29) is 25.5 Å². The number of aromatic nitrogens is 1. The standard InChI is InChI=1S/C19H21N3O5/c1-12-15(13(2)27-21-12)8-9-17(23)20-16(14-6-4-3-5-7-14)10-22-18(24)11-26-19(22)25/h3-7,16H,8-11H2,1-2H3,(H,20,23)/t16-/m1/s1. The van der Waals surface area contributed by atoms with Gasteiger partial charge < -0.3 is 14.6 Å². The summed E-state index contributed by atoms with van der Waals surface area (Å²) in [6.45, 7) is 3.41. The van der Waals surface area contributed by atoms with Crippen molar-refractivity contribution < 1.29 is 23.6 Å². The highest BCUT2D eigenvalue weighted by molar-refractivity contribution is 5.97. The molecule has 0 unspecified atom stereocenters. The molecule has 8 heteroatoms. The van der Waals surface area contributed by atoms with E-state index >= 15 is 0 Å². The number of hydrogen-bond acceptors (Lipinski definition) is 6. The minimum absolute atomic E-state index is 0.0265. The van der Waals surface area contributed by atoms with Gasteiger partial charge >= 0.3 is 6.09 Å². The van der Waals surface area contributed by atoms with Crippen LogP contribution >= 0.6 is 0 Å². The maximum absolute atomic E-state index is 12.5. The van der Waals surface area contributed by atoms with Crippen molar-refractivity contribution in [1.82, 2.24) is 15.4 Å². The van der Waals surface area contributed by atoms with Gasteiger partial charge in [0.25, 0.3) is 5.91 Å². The van der Waals surface area contributed by atoms with Crippen LogP contribution in [0.5, 0.6) is 0 Å². The molecule has 1 N–H and O–H groups in total. The topological polar surface area (TPSA) is 102 Å². The monoisotopic (exact) mass is 371 g/mol. The van der Waals surface area contributed by atoms with Crippen LogP contribution in [0.1, 0.15) is 35.0 Å². The molecule has 1 atom stereocenters. The third-order valence-corrected chi connectivity index (χ3v) is 4.53. The third-order valence-electron chi connectivity index (χ3n) is 4.53. The first kappa shape index (κ1) is 18.6. The van der Waals surface area contributed by atoms with Crippen LogP contribution in [-0.4, -0.2) is 41.1 Å². The van der Waals surface area contributed by atoms with Crippen LogP contribution < -0.4 is 5.32 Å². The number of carbonyl (C=O) groups is 3. The van der Waals surface area contributed by atoms with Crippen molar-refractivity contribution in [1.29, 1.82) is 0 Å². The predicted molar refractivity (Wildman–Crippen MR) is 94.7 cm³/mol. The minimum Gasteiger partial charge on any atom is -0.439 e. The van der Waals surface area contributed by atoms with E-state index in [0.29, 0.717) is 12.2 Å². The van der Waals surface area contributed by atoms with Gasteiger partial charge in [0.1, 0.15) is 5.76 Å². The summed E-state index contributed by atoms with van der Waals surface area (Å²) in [5.74, 6) is 0.0973. The lowest BCUT2D eigenvalue weighted by molar-refractivity contribution is -0.127. The zero-order valence-corrected chi connectivity index (χ0v) is 15.2. The smallest absolute Gasteiger partial charge is 0.417 e. The van der Waals surface area contributed by atoms with Gasteiger partial charge in [0.05, 0.1) is 18.3 Å². The Kier molecular flexibility index (Phi) is 5.54. The summed E-state index contributed by atoms with van der Waals surface area (Å²) in [6, 6.07) is 8.69. The van der Waals surface area contributed by atoms with E-state index in [0.717, 1.165) is 21.7 Å². The van der Waals surface area contributed by atoms with Crippen LogP contribution in [0, 0.1) is 13.8 Å². The predicted octanol–water partition coefficient (Wildman–Crippen LogP) is 2.06. The highest BCUT2D eigenvalue weighted by Crippen LogP contribution is 2.19. The van der Waals surface area contributed by atoms with Crippen molar-refractivity contribution in [2.45, 2.75) is 32.7 Å². The minimum atomic E-state index is -0.689. The molecule has 1 fully saturated rings. The molecule has 0 saturated carbocycles. The number of hydrogen-bond donors (Lipinski definition) is 1. The third kappa shape index (κ3) is 4.33. The quantitative estimate of drug-likeness (QED) is 0.799. The molecular formula is C19H21N3O5. The van der Waals surface area contributed by atoms with E-state index in [1.165, 1.54) is 0 Å². The lowest BCUT2D eigenvalue weighted by Gasteiger charge is -2.22. The molecule has 0 aliphatic carbocycles. The van der Waals surface area contributed by atoms with Crippen LogP contribution in [0.3, 0.4) is 0 Å². The number of imide groups is 1. The number of benzene rings is 1. The maximum atomic E-state index is 12.5. The van der Waals surface area contributed by atoms with Gasteiger partial charge in [-0.1, -0.05) is 35.5 Å². The molecule has 1 aliphatic rings. The Hall–Kier alpha value is -3.16. The number of amides is 3. The molecule has 1 aromatic carbocycles. The van der Waals surface area contributed by atoms with E-state index < -0.39 is 18.0 Å². The number of nitrogens with one attached hydrogen (secondary N) is 1. The Bertz CT molecular complexity index is 811. The Morgan fingerprint density at radius 2 is 2.00 bits per heavy atom. The summed E-state index contributed by atoms with van der Waals surface area (Å²) >= 11 is 0. The molecule has 142 valence electrons. The number of rotatable bonds is 7. The highest BCUT2D eigenvalue weighted by Gasteiger charge is 2.33. The Morgan fingerprint density at radius 1 is 1.26 bits per heavy atom. The number of cyclic esters (lactones) is 1. The number of carbonyl (C=O) groups excluding carboxylic acids is 3. The average Bonchev–Trinajstić information content (AvgIpc) is 3.15. The van der Waals surface area contributed by atoms with E-state index in [2.05, 4.69) is 10.5 Å². The fourth-order valence-electron chi connectivity index (χ4n) is 3.02. The van der Waals surface area contributed by atoms with Crippen molar-refractivity contribution in [3.8, 4) is 0 Å². The van der Waals surface area contributed by atoms with Gasteiger partial charge in [0.2, 0.25) is 5.91 Å². The SMILES string of the molecule is Cc1noc(C)c1CCC(=O)N[C@H](CN1C(=O)COC1=O)c1ccccc1. The molecule has 2 aromatic rings. The van der Waals surface area contributed by atoms with Crippen molar-refractivity contribution in [2.24, 2.45) is 0 Å². The number of aryl methyl sites for hydroxylation is 2. The van der Waals surface area contributed by atoms with E-state index in [9.17, 15) is 14.4 Å². The summed E-state index contributed by atoms with van der Waals surface area (Å²) in [7, 11) is 0. The molecule has 1 saturated heterocycles. The van der Waals surface area contributed by atoms with Crippen LogP contribution in [0.25, 0.3) is 0 Å². The van der Waals surface area contributed by atoms with E-state index in [1.807, 2.05) is 44.2 Å². The molecule has 3 rings (SSSR count). The largest absolute Gasteiger partial charge is 0.439 e. The zero-order valence-electron chi connectivity index (χ0n) is 15.2. The second-order valence-electron chi connectivity index (χ2n) is 6.39. The second-order valence-corrected chi connectivity index (χ2v) is 6.39. The van der Waals surface area contributed by atoms with Gasteiger partial charge in [-0.15, -0.1) is 0 Å². The van der Waals surface area contributed by atoms with Crippen LogP contribution in [0.15, 0.2) is 34.9 Å². The Balaban J connectivity index is 1.68. The second kappa shape index (κ2) is 8.03. The molecule has 8 nitrogen and oxygen atoms in total. The molecule has 3 amide bonds. The lowest BCUT2D eigenvalue weighted by atomic mass is 10.0. The van der Waals surface area contributed by atoms with Crippen LogP contribution in [0.2, 0.25) is 0 Å². The molecular weight excluding hydrogens is 350 g/mol. The summed E-state index contributed by atoms with van der Waals surface area (Å²) in [4.78, 5) is 37.1. The summed E-state index contributed by atoms with van der Waals surface area (Å²) < 4.78 is 9.86. The van der Waals surface area contributed by atoms with E-state index in [4.69, 9.17) is 9.26 Å². The molecule has 0 bridgehead atoms. The normalized spacial score (nSPS) is 15.0. The Labute approximate surface area is 156 Å². The fourth-order valence-corrected chi connectivity index (χ4v) is 3.02. The van der Waals surface area contributed by atoms with Gasteiger partial charge in [-0.2, -0.15) is 0 Å². The summed E-state index contributed by atoms with van der Waals surface area (Å²) in [5, 5.41) is 6.80. The first-order chi connectivity index (χ1) is 13.0. The van der Waals surface area contributed by atoms with Crippen molar-refractivity contribution in [2.75, 3.05) is 13.2 Å². The first-order valence-corrected chi connectivity index (χ1v) is 8.69. The van der Waals surface area contributed by atoms with Crippen molar-refractivity contribution in [3.05, 3.63) is 52.9 Å². The zero-order chi connectivity index (χ0) is 19.4. The van der Waals surface area contributed by atoms with Gasteiger partial charge in [-0.3, -0.25) is 9.59 Å². The fraction of sp³-hybridized carbons (Fsp3) is 0.368. The van der Waals surface area contributed by atoms with Crippen LogP contribution in [0.4, 0.5) is 4.79 Å². The number of ether oxygens (including phenoxy) is 1. The molecule has 27 heavy (non-hydrogen) atoms. The molecule has 0 radical (unpaired) electrons. The van der Waals surface area contributed by atoms with Gasteiger partial charge in [0.15, 0.2) is 6.61 Å². The first-order valence-electron chi connectivity index (χ1n) is 8.69. The van der Waals surface area contributed by atoms with E-state index in [1.54, 1.807) is 0 Å². The maximum Gasteiger partial charge on any atom is 0.417 e. The summed E-state index contributed by atoms with van der Waals surface area (Å²) in [5.41, 5.74) is 2.49. The van der Waals surface area contributed by atoms with Crippen molar-refractivity contribution in [3.63, 3.8) is 0 Å². The van der Waals surface area contributed by atoms with Gasteiger partial charge in [-0.05, 0) is 25.8 Å². The summed E-state index contributed by atoms with van der Waals surface area (Å²) in [6.07, 6.45) is 0.0509. The molecule has 1 aromatic heterocycles. The van der Waals surface area contributed by atoms with Gasteiger partial charge in [0, 0.05) is 12.0 Å². The van der Waals surface area contributed by atoms with Crippen molar-refractivity contribution >= 4 is 17.9 Å². The number of nitrogens with zero attached hydrogens (tertiary/aromatic N) is 2. The van der Waals surface area contributed by atoms with Gasteiger partial charge in [-0.25, -0.2) is 9.69 Å². The average molecular weight is 371 g/mol. The van der Waals surface area contributed by atoms with Crippen LogP contribution in [-0.2, 0) is 20.7 Å². The lowest BCUT2D eigenvalue weighted by Crippen LogP contribution is -2.40. The molecule has 1 aliphatic heterocycles. The highest BCUT2D eigenvalue weighted by atomic mass is 16.6. The molecule has 2 heterocycles.